The number of benzene rings is 2. The van der Waals surface area contributed by atoms with Crippen molar-refractivity contribution < 1.29 is 9.47 Å². The Kier molecular flexibility index (Phi) is 7.86. The molecule has 0 N–H and O–H groups in total. The maximum atomic E-state index is 12.6. The first-order valence-electron chi connectivity index (χ1n) is 11.2. The lowest BCUT2D eigenvalue weighted by Crippen LogP contribution is -2.31. The molecule has 6 heteroatoms. The molecule has 0 radical (unpaired) electrons. The average Bonchev–Trinajstić information content (AvgIpc) is 2.83. The van der Waals surface area contributed by atoms with Crippen molar-refractivity contribution in [2.45, 2.75) is 32.3 Å². The van der Waals surface area contributed by atoms with Crippen molar-refractivity contribution in [1.82, 2.24) is 9.47 Å². The van der Waals surface area contributed by atoms with E-state index >= 15 is 0 Å². The van der Waals surface area contributed by atoms with E-state index in [0.29, 0.717) is 24.0 Å². The normalized spacial score (nSPS) is 14.3. The first kappa shape index (κ1) is 22.4. The van der Waals surface area contributed by atoms with E-state index in [0.717, 1.165) is 30.0 Å². The quantitative estimate of drug-likeness (QED) is 0.412. The standard InChI is InChI=1S/C26H29ClN2O3/c27-22-7-5-21(6-8-22)20-32-25-13-17-29(26(30)19-25)23-9-11-24(12-10-23)31-18-4-16-28-14-2-1-3-15-28/h5-13,17,19H,1-4,14-16,18,20H2. The minimum absolute atomic E-state index is 0.145. The molecule has 0 saturated carbocycles. The number of ether oxygens (including phenoxy) is 2. The van der Waals surface area contributed by atoms with Crippen LogP contribution in [-0.4, -0.2) is 35.7 Å². The Hall–Kier alpha value is -2.76. The number of piperidine rings is 1. The number of pyridine rings is 1. The smallest absolute Gasteiger partial charge is 0.258 e. The van der Waals surface area contributed by atoms with Crippen molar-refractivity contribution in [2.24, 2.45) is 0 Å². The van der Waals surface area contributed by atoms with Crippen LogP contribution in [0.1, 0.15) is 31.2 Å². The predicted octanol–water partition coefficient (Wildman–Crippen LogP) is 5.32. The van der Waals surface area contributed by atoms with Crippen LogP contribution < -0.4 is 15.0 Å². The number of halogens is 1. The van der Waals surface area contributed by atoms with Gasteiger partial charge >= 0.3 is 0 Å². The van der Waals surface area contributed by atoms with Crippen LogP contribution in [0.4, 0.5) is 0 Å². The van der Waals surface area contributed by atoms with Crippen LogP contribution in [0.3, 0.4) is 0 Å². The summed E-state index contributed by atoms with van der Waals surface area (Å²) in [6.45, 7) is 4.61. The minimum atomic E-state index is -0.145. The monoisotopic (exact) mass is 452 g/mol. The van der Waals surface area contributed by atoms with Gasteiger partial charge in [-0.25, -0.2) is 0 Å². The number of likely N-dealkylation sites (tertiary alicyclic amines) is 1. The second-order valence-electron chi connectivity index (χ2n) is 8.08. The van der Waals surface area contributed by atoms with Crippen LogP contribution in [0.5, 0.6) is 11.5 Å². The number of nitrogens with zero attached hydrogens (tertiary/aromatic N) is 2. The van der Waals surface area contributed by atoms with E-state index in [-0.39, 0.29) is 5.56 Å². The predicted molar refractivity (Wildman–Crippen MR) is 128 cm³/mol. The van der Waals surface area contributed by atoms with Crippen LogP contribution in [0.2, 0.25) is 5.02 Å². The lowest BCUT2D eigenvalue weighted by molar-refractivity contribution is 0.205. The molecule has 32 heavy (non-hydrogen) atoms. The molecule has 1 saturated heterocycles. The van der Waals surface area contributed by atoms with Gasteiger partial charge in [0.1, 0.15) is 18.1 Å². The molecule has 2 heterocycles. The Labute approximate surface area is 194 Å². The first-order chi connectivity index (χ1) is 15.7. The van der Waals surface area contributed by atoms with E-state index in [1.54, 1.807) is 16.8 Å². The lowest BCUT2D eigenvalue weighted by atomic mass is 10.1. The van der Waals surface area contributed by atoms with E-state index < -0.39 is 0 Å². The second-order valence-corrected chi connectivity index (χ2v) is 8.52. The van der Waals surface area contributed by atoms with Gasteiger partial charge in [0.25, 0.3) is 5.56 Å². The lowest BCUT2D eigenvalue weighted by Gasteiger charge is -2.26. The van der Waals surface area contributed by atoms with Gasteiger partial charge < -0.3 is 14.4 Å². The molecule has 0 bridgehead atoms. The highest BCUT2D eigenvalue weighted by Gasteiger charge is 2.09. The van der Waals surface area contributed by atoms with Gasteiger partial charge in [-0.2, -0.15) is 0 Å². The molecule has 0 spiro atoms. The van der Waals surface area contributed by atoms with Crippen LogP contribution in [0, 0.1) is 0 Å². The SMILES string of the molecule is O=c1cc(OCc2ccc(Cl)cc2)ccn1-c1ccc(OCCCN2CCCCC2)cc1. The number of aromatic nitrogens is 1. The number of hydrogen-bond donors (Lipinski definition) is 0. The van der Waals surface area contributed by atoms with Gasteiger partial charge in [-0.3, -0.25) is 9.36 Å². The van der Waals surface area contributed by atoms with E-state index in [1.807, 2.05) is 48.5 Å². The van der Waals surface area contributed by atoms with Crippen molar-refractivity contribution in [3.05, 3.63) is 87.8 Å². The molecule has 4 rings (SSSR count). The molecular weight excluding hydrogens is 424 g/mol. The maximum Gasteiger partial charge on any atom is 0.258 e. The van der Waals surface area contributed by atoms with E-state index in [9.17, 15) is 4.79 Å². The summed E-state index contributed by atoms with van der Waals surface area (Å²) in [6, 6.07) is 18.4. The summed E-state index contributed by atoms with van der Waals surface area (Å²) >= 11 is 5.90. The summed E-state index contributed by atoms with van der Waals surface area (Å²) in [5.74, 6) is 1.36. The molecule has 0 atom stereocenters. The van der Waals surface area contributed by atoms with Crippen LogP contribution in [-0.2, 0) is 6.61 Å². The Morgan fingerprint density at radius 1 is 0.844 bits per heavy atom. The molecule has 0 aliphatic carbocycles. The third-order valence-electron chi connectivity index (χ3n) is 5.66. The Bertz CT molecular complexity index is 1040. The zero-order valence-electron chi connectivity index (χ0n) is 18.2. The van der Waals surface area contributed by atoms with Crippen LogP contribution in [0.15, 0.2) is 71.7 Å². The fourth-order valence-corrected chi connectivity index (χ4v) is 4.00. The highest BCUT2D eigenvalue weighted by molar-refractivity contribution is 6.30. The summed E-state index contributed by atoms with van der Waals surface area (Å²) in [5.41, 5.74) is 1.64. The third kappa shape index (κ3) is 6.38. The van der Waals surface area contributed by atoms with Gasteiger partial charge in [-0.1, -0.05) is 30.2 Å². The average molecular weight is 453 g/mol. The van der Waals surface area contributed by atoms with Gasteiger partial charge in [0.15, 0.2) is 0 Å². The molecule has 1 aliphatic heterocycles. The van der Waals surface area contributed by atoms with Crippen molar-refractivity contribution in [1.29, 1.82) is 0 Å². The number of hydrogen-bond acceptors (Lipinski definition) is 4. The molecule has 1 aromatic heterocycles. The molecule has 168 valence electrons. The van der Waals surface area contributed by atoms with E-state index in [4.69, 9.17) is 21.1 Å². The van der Waals surface area contributed by atoms with Gasteiger partial charge in [0, 0.05) is 29.5 Å². The largest absolute Gasteiger partial charge is 0.494 e. The molecule has 1 fully saturated rings. The Morgan fingerprint density at radius 3 is 2.31 bits per heavy atom. The summed E-state index contributed by atoms with van der Waals surface area (Å²) < 4.78 is 13.2. The first-order valence-corrected chi connectivity index (χ1v) is 11.6. The number of rotatable bonds is 9. The summed E-state index contributed by atoms with van der Waals surface area (Å²) in [5, 5.41) is 0.685. The highest BCUT2D eigenvalue weighted by atomic mass is 35.5. The molecule has 0 unspecified atom stereocenters. The zero-order valence-corrected chi connectivity index (χ0v) is 19.0. The van der Waals surface area contributed by atoms with E-state index in [2.05, 4.69) is 4.90 Å². The molecule has 5 nitrogen and oxygen atoms in total. The fourth-order valence-electron chi connectivity index (χ4n) is 3.88. The van der Waals surface area contributed by atoms with Gasteiger partial charge in [0.05, 0.1) is 6.61 Å². The Balaban J connectivity index is 1.28. The zero-order chi connectivity index (χ0) is 22.2. The van der Waals surface area contributed by atoms with Gasteiger partial charge in [0.2, 0.25) is 0 Å². The fraction of sp³-hybridized carbons (Fsp3) is 0.346. The minimum Gasteiger partial charge on any atom is -0.494 e. The molecule has 1 aliphatic rings. The third-order valence-corrected chi connectivity index (χ3v) is 5.91. The van der Waals surface area contributed by atoms with Crippen molar-refractivity contribution in [3.63, 3.8) is 0 Å². The van der Waals surface area contributed by atoms with Gasteiger partial charge in [-0.05, 0) is 80.4 Å². The van der Waals surface area contributed by atoms with Crippen LogP contribution in [0.25, 0.3) is 5.69 Å². The maximum absolute atomic E-state index is 12.6. The molecule has 2 aromatic carbocycles. The van der Waals surface area contributed by atoms with Crippen molar-refractivity contribution >= 4 is 11.6 Å². The molecular formula is C26H29ClN2O3. The molecule has 0 amide bonds. The second kappa shape index (κ2) is 11.2. The topological polar surface area (TPSA) is 43.7 Å². The van der Waals surface area contributed by atoms with Crippen molar-refractivity contribution in [2.75, 3.05) is 26.2 Å². The van der Waals surface area contributed by atoms with Gasteiger partial charge in [-0.15, -0.1) is 0 Å². The summed E-state index contributed by atoms with van der Waals surface area (Å²) in [4.78, 5) is 15.1. The Morgan fingerprint density at radius 2 is 1.59 bits per heavy atom. The molecule has 3 aromatic rings. The van der Waals surface area contributed by atoms with E-state index in [1.165, 1.54) is 38.4 Å². The van der Waals surface area contributed by atoms with Crippen molar-refractivity contribution in [3.8, 4) is 17.2 Å². The van der Waals surface area contributed by atoms with Crippen LogP contribution >= 0.6 is 11.6 Å². The summed E-state index contributed by atoms with van der Waals surface area (Å²) in [7, 11) is 0. The summed E-state index contributed by atoms with van der Waals surface area (Å²) in [6.07, 6.45) is 6.75. The highest BCUT2D eigenvalue weighted by Crippen LogP contribution is 2.17.